The SMILES string of the molecule is CCCOC(=O)c1c(NC(=S)NC(=O)c2cc(-c3cccc(OCC(C)C)c3)nc3ccccc23)sc2c1CC[C@H](C)C2. The summed E-state index contributed by atoms with van der Waals surface area (Å²) in [6, 6.07) is 17.0. The predicted molar refractivity (Wildman–Crippen MR) is 177 cm³/mol. The van der Waals surface area contributed by atoms with Crippen LogP contribution in [0, 0.1) is 11.8 Å². The van der Waals surface area contributed by atoms with Crippen LogP contribution in [0.4, 0.5) is 5.00 Å². The first-order valence-corrected chi connectivity index (χ1v) is 16.0. The Kier molecular flexibility index (Phi) is 9.72. The lowest BCUT2D eigenvalue weighted by Gasteiger charge is -2.18. The van der Waals surface area contributed by atoms with Crippen LogP contribution in [0.25, 0.3) is 22.2 Å². The summed E-state index contributed by atoms with van der Waals surface area (Å²) in [7, 11) is 0. The van der Waals surface area contributed by atoms with Crippen LogP contribution in [-0.4, -0.2) is 35.2 Å². The predicted octanol–water partition coefficient (Wildman–Crippen LogP) is 7.82. The molecule has 0 radical (unpaired) electrons. The van der Waals surface area contributed by atoms with Crippen LogP contribution < -0.4 is 15.4 Å². The average Bonchev–Trinajstić information content (AvgIpc) is 3.34. The molecule has 0 saturated heterocycles. The van der Waals surface area contributed by atoms with E-state index in [0.29, 0.717) is 57.8 Å². The number of amides is 1. The normalized spacial score (nSPS) is 14.3. The number of thiophene rings is 1. The average molecular weight is 616 g/mol. The highest BCUT2D eigenvalue weighted by molar-refractivity contribution is 7.80. The zero-order valence-corrected chi connectivity index (χ0v) is 26.6. The summed E-state index contributed by atoms with van der Waals surface area (Å²) in [5, 5.41) is 7.44. The van der Waals surface area contributed by atoms with Crippen molar-refractivity contribution in [1.29, 1.82) is 0 Å². The first kappa shape index (κ1) is 30.6. The van der Waals surface area contributed by atoms with Gasteiger partial charge in [-0.1, -0.05) is 58.0 Å². The quantitative estimate of drug-likeness (QED) is 0.147. The Balaban J connectivity index is 1.41. The molecule has 7 nitrogen and oxygen atoms in total. The van der Waals surface area contributed by atoms with Gasteiger partial charge in [0.25, 0.3) is 5.91 Å². The largest absolute Gasteiger partial charge is 0.493 e. The molecule has 1 atom stereocenters. The van der Waals surface area contributed by atoms with E-state index in [9.17, 15) is 9.59 Å². The fraction of sp³-hybridized carbons (Fsp3) is 0.353. The minimum Gasteiger partial charge on any atom is -0.493 e. The molecule has 0 spiro atoms. The summed E-state index contributed by atoms with van der Waals surface area (Å²) in [5.41, 5.74) is 4.20. The number of carbonyl (C=O) groups excluding carboxylic acids is 2. The lowest BCUT2D eigenvalue weighted by Crippen LogP contribution is -2.34. The number of thiocarbonyl (C=S) groups is 1. The molecule has 4 aromatic rings. The van der Waals surface area contributed by atoms with Gasteiger partial charge in [-0.15, -0.1) is 11.3 Å². The Bertz CT molecular complexity index is 1660. The molecule has 2 aromatic heterocycles. The molecule has 1 aliphatic carbocycles. The van der Waals surface area contributed by atoms with Gasteiger partial charge in [-0.3, -0.25) is 10.1 Å². The molecule has 2 heterocycles. The van der Waals surface area contributed by atoms with Crippen molar-refractivity contribution in [3.63, 3.8) is 0 Å². The van der Waals surface area contributed by atoms with Gasteiger partial charge in [0.05, 0.1) is 35.6 Å². The molecule has 0 bridgehead atoms. The van der Waals surface area contributed by atoms with Crippen molar-refractivity contribution in [2.75, 3.05) is 18.5 Å². The molecule has 9 heteroatoms. The number of nitrogens with one attached hydrogen (secondary N) is 2. The third kappa shape index (κ3) is 7.22. The maximum atomic E-state index is 13.7. The molecule has 1 amide bonds. The zero-order chi connectivity index (χ0) is 30.5. The second kappa shape index (κ2) is 13.7. The van der Waals surface area contributed by atoms with Gasteiger partial charge in [-0.2, -0.15) is 0 Å². The van der Waals surface area contributed by atoms with Crippen LogP contribution in [0.2, 0.25) is 0 Å². The lowest BCUT2D eigenvalue weighted by molar-refractivity contribution is 0.0505. The lowest BCUT2D eigenvalue weighted by atomic mass is 9.88. The van der Waals surface area contributed by atoms with Crippen LogP contribution in [-0.2, 0) is 17.6 Å². The molecule has 0 aliphatic heterocycles. The fourth-order valence-corrected chi connectivity index (χ4v) is 6.81. The van der Waals surface area contributed by atoms with Crippen molar-refractivity contribution < 1.29 is 19.1 Å². The summed E-state index contributed by atoms with van der Waals surface area (Å²) >= 11 is 7.12. The number of carbonyl (C=O) groups is 2. The highest BCUT2D eigenvalue weighted by Crippen LogP contribution is 2.40. The molecule has 2 aromatic carbocycles. The highest BCUT2D eigenvalue weighted by Gasteiger charge is 2.29. The molecule has 0 unspecified atom stereocenters. The molecular weight excluding hydrogens is 579 g/mol. The van der Waals surface area contributed by atoms with Crippen molar-refractivity contribution in [1.82, 2.24) is 10.3 Å². The summed E-state index contributed by atoms with van der Waals surface area (Å²) < 4.78 is 11.4. The summed E-state index contributed by atoms with van der Waals surface area (Å²) in [4.78, 5) is 32.8. The third-order valence-electron chi connectivity index (χ3n) is 7.28. The van der Waals surface area contributed by atoms with Gasteiger partial charge in [0.1, 0.15) is 10.8 Å². The van der Waals surface area contributed by atoms with Crippen LogP contribution in [0.1, 0.15) is 71.7 Å². The van der Waals surface area contributed by atoms with Crippen molar-refractivity contribution in [3.8, 4) is 17.0 Å². The molecule has 5 rings (SSSR count). The van der Waals surface area contributed by atoms with Crippen LogP contribution in [0.5, 0.6) is 5.75 Å². The van der Waals surface area contributed by atoms with E-state index in [1.807, 2.05) is 55.5 Å². The number of hydrogen-bond acceptors (Lipinski definition) is 7. The van der Waals surface area contributed by atoms with Crippen LogP contribution in [0.3, 0.4) is 0 Å². The van der Waals surface area contributed by atoms with Gasteiger partial charge in [0.15, 0.2) is 5.11 Å². The maximum Gasteiger partial charge on any atom is 0.341 e. The maximum absolute atomic E-state index is 13.7. The Morgan fingerprint density at radius 2 is 1.95 bits per heavy atom. The summed E-state index contributed by atoms with van der Waals surface area (Å²) in [6.07, 6.45) is 3.48. The monoisotopic (exact) mass is 615 g/mol. The first-order valence-electron chi connectivity index (χ1n) is 14.8. The van der Waals surface area contributed by atoms with E-state index < -0.39 is 0 Å². The van der Waals surface area contributed by atoms with Gasteiger partial charge in [0.2, 0.25) is 0 Å². The van der Waals surface area contributed by atoms with Gasteiger partial charge in [-0.25, -0.2) is 9.78 Å². The fourth-order valence-electron chi connectivity index (χ4n) is 5.15. The van der Waals surface area contributed by atoms with Gasteiger partial charge >= 0.3 is 5.97 Å². The smallest absolute Gasteiger partial charge is 0.341 e. The topological polar surface area (TPSA) is 89.6 Å². The number of ether oxygens (including phenoxy) is 2. The molecule has 0 fully saturated rings. The van der Waals surface area contributed by atoms with Gasteiger partial charge in [0, 0.05) is 15.8 Å². The molecule has 43 heavy (non-hydrogen) atoms. The molecule has 0 saturated carbocycles. The van der Waals surface area contributed by atoms with Crippen LogP contribution in [0.15, 0.2) is 54.6 Å². The Morgan fingerprint density at radius 3 is 2.74 bits per heavy atom. The number of para-hydroxylation sites is 1. The first-order chi connectivity index (χ1) is 20.7. The Labute approximate surface area is 262 Å². The number of anilines is 1. The number of esters is 1. The van der Waals surface area contributed by atoms with Crippen molar-refractivity contribution in [2.24, 2.45) is 11.8 Å². The summed E-state index contributed by atoms with van der Waals surface area (Å²) in [6.45, 7) is 9.35. The van der Waals surface area contributed by atoms with Crippen molar-refractivity contribution in [3.05, 3.63) is 76.2 Å². The van der Waals surface area contributed by atoms with E-state index in [1.165, 1.54) is 16.2 Å². The highest BCUT2D eigenvalue weighted by atomic mass is 32.1. The van der Waals surface area contributed by atoms with E-state index in [1.54, 1.807) is 6.07 Å². The molecule has 1 aliphatic rings. The van der Waals surface area contributed by atoms with E-state index in [2.05, 4.69) is 31.4 Å². The molecule has 2 N–H and O–H groups in total. The van der Waals surface area contributed by atoms with Crippen molar-refractivity contribution >= 4 is 56.4 Å². The number of fused-ring (bicyclic) bond motifs is 2. The van der Waals surface area contributed by atoms with Crippen LogP contribution >= 0.6 is 23.6 Å². The number of benzene rings is 2. The Morgan fingerprint density at radius 1 is 1.14 bits per heavy atom. The van der Waals surface area contributed by atoms with Gasteiger partial charge in [-0.05, 0) is 79.6 Å². The van der Waals surface area contributed by atoms with E-state index in [4.69, 9.17) is 26.7 Å². The van der Waals surface area contributed by atoms with E-state index >= 15 is 0 Å². The second-order valence-corrected chi connectivity index (χ2v) is 12.9. The minimum absolute atomic E-state index is 0.118. The zero-order valence-electron chi connectivity index (χ0n) is 25.0. The van der Waals surface area contributed by atoms with Crippen molar-refractivity contribution in [2.45, 2.75) is 53.4 Å². The van der Waals surface area contributed by atoms with E-state index in [0.717, 1.165) is 42.6 Å². The van der Waals surface area contributed by atoms with Gasteiger partial charge < -0.3 is 14.8 Å². The Hall–Kier alpha value is -3.82. The minimum atomic E-state index is -0.366. The third-order valence-corrected chi connectivity index (χ3v) is 8.66. The van der Waals surface area contributed by atoms with E-state index in [-0.39, 0.29) is 17.0 Å². The summed E-state index contributed by atoms with van der Waals surface area (Å²) in [5.74, 6) is 0.974. The number of nitrogens with zero attached hydrogens (tertiary/aromatic N) is 1. The molecule has 224 valence electrons. The second-order valence-electron chi connectivity index (χ2n) is 11.4. The number of pyridine rings is 1. The molecular formula is C34H37N3O4S2. The number of aromatic nitrogens is 1. The standard InChI is InChI=1S/C34H37N3O4S2/c1-5-15-40-33(39)30-25-14-13-21(4)16-29(25)43-32(30)37-34(42)36-31(38)26-18-28(35-27-12-7-6-11-24(26)27)22-9-8-10-23(17-22)41-19-20(2)3/h6-12,17-18,20-21H,5,13-16,19H2,1-4H3,(H2,36,37,38,42)/t21-/m0/s1. The number of rotatable bonds is 9. The number of hydrogen-bond donors (Lipinski definition) is 2.